The monoisotopic (exact) mass is 154 g/mol. The first-order valence-electron chi connectivity index (χ1n) is 2.63. The number of hydrogen-bond donors (Lipinski definition) is 0. The van der Waals surface area contributed by atoms with E-state index in [4.69, 9.17) is 0 Å². The topological polar surface area (TPSA) is 15.6 Å². The van der Waals surface area contributed by atoms with E-state index in [0.29, 0.717) is 0 Å². The zero-order valence-corrected chi connectivity index (χ0v) is 6.03. The third kappa shape index (κ3) is 3.32. The molecule has 0 amide bonds. The number of hydrogen-bond acceptors (Lipinski definition) is 2. The second-order valence-corrected chi connectivity index (χ2v) is 2.03. The average molecular weight is 154 g/mol. The molecular weight excluding hydrogens is 145 g/mol. The quantitative estimate of drug-likeness (QED) is 0.412. The molecule has 2 nitrogen and oxygen atoms in total. The van der Waals surface area contributed by atoms with Crippen molar-refractivity contribution in [1.29, 1.82) is 0 Å². The highest BCUT2D eigenvalue weighted by molar-refractivity contribution is 5.86. The van der Waals surface area contributed by atoms with E-state index in [0.717, 1.165) is 11.9 Å². The average Bonchev–Trinajstić information content (AvgIpc) is 1.60. The van der Waals surface area contributed by atoms with Crippen LogP contribution >= 0.6 is 0 Å². The molecule has 0 aromatic carbocycles. The van der Waals surface area contributed by atoms with E-state index in [2.05, 4.69) is 5.10 Å². The van der Waals surface area contributed by atoms with Gasteiger partial charge in [-0.1, -0.05) is 0 Å². The standard InChI is InChI=1S/C5H9F3N2/c1-4(5(6,7)8)9-10(2)3/h1-3H3. The molecule has 0 heterocycles. The van der Waals surface area contributed by atoms with Crippen LogP contribution in [0.3, 0.4) is 0 Å². The van der Waals surface area contributed by atoms with Gasteiger partial charge in [-0.05, 0) is 6.92 Å². The van der Waals surface area contributed by atoms with Gasteiger partial charge in [0.25, 0.3) is 0 Å². The highest BCUT2D eigenvalue weighted by Gasteiger charge is 2.32. The van der Waals surface area contributed by atoms with Gasteiger partial charge in [0, 0.05) is 14.1 Å². The molecule has 5 heteroatoms. The van der Waals surface area contributed by atoms with Gasteiger partial charge in [-0.25, -0.2) is 0 Å². The molecule has 0 aliphatic carbocycles. The molecule has 0 rings (SSSR count). The maximum Gasteiger partial charge on any atom is 0.430 e. The summed E-state index contributed by atoms with van der Waals surface area (Å²) in [6.07, 6.45) is -4.30. The van der Waals surface area contributed by atoms with E-state index in [9.17, 15) is 13.2 Å². The van der Waals surface area contributed by atoms with Crippen molar-refractivity contribution in [1.82, 2.24) is 5.01 Å². The van der Waals surface area contributed by atoms with Gasteiger partial charge >= 0.3 is 6.18 Å². The molecule has 0 saturated carbocycles. The van der Waals surface area contributed by atoms with E-state index in [1.807, 2.05) is 0 Å². The highest BCUT2D eigenvalue weighted by Crippen LogP contribution is 2.16. The van der Waals surface area contributed by atoms with Crippen LogP contribution in [-0.2, 0) is 0 Å². The Morgan fingerprint density at radius 3 is 1.80 bits per heavy atom. The van der Waals surface area contributed by atoms with Crippen LogP contribution in [0, 0.1) is 0 Å². The minimum atomic E-state index is -4.30. The van der Waals surface area contributed by atoms with Crippen molar-refractivity contribution in [3.05, 3.63) is 0 Å². The lowest BCUT2D eigenvalue weighted by molar-refractivity contribution is -0.0603. The number of hydrazone groups is 1. The smallest absolute Gasteiger partial charge is 0.303 e. The fourth-order valence-electron chi connectivity index (χ4n) is 0.357. The van der Waals surface area contributed by atoms with Gasteiger partial charge in [0.15, 0.2) is 0 Å². The largest absolute Gasteiger partial charge is 0.430 e. The Balaban J connectivity index is 4.20. The number of alkyl halides is 3. The van der Waals surface area contributed by atoms with Crippen LogP contribution in [0.15, 0.2) is 5.10 Å². The Morgan fingerprint density at radius 1 is 1.30 bits per heavy atom. The fourth-order valence-corrected chi connectivity index (χ4v) is 0.357. The van der Waals surface area contributed by atoms with E-state index in [1.54, 1.807) is 0 Å². The maximum atomic E-state index is 11.7. The highest BCUT2D eigenvalue weighted by atomic mass is 19.4. The Kier molecular flexibility index (Phi) is 2.68. The molecule has 0 fully saturated rings. The minimum Gasteiger partial charge on any atom is -0.303 e. The van der Waals surface area contributed by atoms with Crippen LogP contribution in [0.1, 0.15) is 6.92 Å². The van der Waals surface area contributed by atoms with E-state index in [1.165, 1.54) is 14.1 Å². The molecular formula is C5H9F3N2. The van der Waals surface area contributed by atoms with Crippen LogP contribution in [0.5, 0.6) is 0 Å². The second kappa shape index (κ2) is 2.90. The SMILES string of the molecule is CC(=NN(C)C)C(F)(F)F. The zero-order chi connectivity index (χ0) is 8.36. The minimum absolute atomic E-state index is 0.836. The lowest BCUT2D eigenvalue weighted by atomic mass is 10.4. The van der Waals surface area contributed by atoms with Crippen LogP contribution in [-0.4, -0.2) is 31.0 Å². The second-order valence-electron chi connectivity index (χ2n) is 2.03. The maximum absolute atomic E-state index is 11.7. The van der Waals surface area contributed by atoms with Crippen molar-refractivity contribution < 1.29 is 13.2 Å². The molecule has 0 bridgehead atoms. The van der Waals surface area contributed by atoms with Gasteiger partial charge in [0.2, 0.25) is 0 Å². The molecule has 60 valence electrons. The Morgan fingerprint density at radius 2 is 1.70 bits per heavy atom. The first-order valence-corrected chi connectivity index (χ1v) is 2.63. The number of rotatable bonds is 1. The van der Waals surface area contributed by atoms with Crippen LogP contribution in [0.2, 0.25) is 0 Å². The summed E-state index contributed by atoms with van der Waals surface area (Å²) in [5.74, 6) is 0. The Labute approximate surface area is 57.3 Å². The third-order valence-corrected chi connectivity index (χ3v) is 0.760. The van der Waals surface area contributed by atoms with Crippen molar-refractivity contribution in [2.45, 2.75) is 13.1 Å². The Hall–Kier alpha value is -0.740. The number of halogens is 3. The van der Waals surface area contributed by atoms with Gasteiger partial charge in [0.1, 0.15) is 5.71 Å². The summed E-state index contributed by atoms with van der Waals surface area (Å²) in [6.45, 7) is 0.931. The lowest BCUT2D eigenvalue weighted by Crippen LogP contribution is -2.22. The van der Waals surface area contributed by atoms with Gasteiger partial charge < -0.3 is 5.01 Å². The Bertz CT molecular complexity index is 136. The van der Waals surface area contributed by atoms with Crippen LogP contribution < -0.4 is 0 Å². The molecule has 0 N–H and O–H groups in total. The van der Waals surface area contributed by atoms with Crippen LogP contribution in [0.25, 0.3) is 0 Å². The van der Waals surface area contributed by atoms with E-state index >= 15 is 0 Å². The van der Waals surface area contributed by atoms with Gasteiger partial charge in [-0.2, -0.15) is 18.3 Å². The van der Waals surface area contributed by atoms with Gasteiger partial charge in [-0.15, -0.1) is 0 Å². The molecule has 0 radical (unpaired) electrons. The van der Waals surface area contributed by atoms with Gasteiger partial charge in [-0.3, -0.25) is 0 Å². The van der Waals surface area contributed by atoms with Crippen molar-refractivity contribution >= 4 is 5.71 Å². The first-order chi connectivity index (χ1) is 4.34. The molecule has 10 heavy (non-hydrogen) atoms. The fraction of sp³-hybridized carbons (Fsp3) is 0.800. The van der Waals surface area contributed by atoms with E-state index < -0.39 is 11.9 Å². The van der Waals surface area contributed by atoms with Crippen molar-refractivity contribution in [2.24, 2.45) is 5.10 Å². The predicted molar refractivity (Wildman–Crippen MR) is 32.9 cm³/mol. The lowest BCUT2D eigenvalue weighted by Gasteiger charge is -2.09. The van der Waals surface area contributed by atoms with Crippen LogP contribution in [0.4, 0.5) is 13.2 Å². The summed E-state index contributed by atoms with van der Waals surface area (Å²) in [7, 11) is 2.88. The molecule has 0 aromatic heterocycles. The molecule has 0 spiro atoms. The number of nitrogens with zero attached hydrogens (tertiary/aromatic N) is 2. The predicted octanol–water partition coefficient (Wildman–Crippen LogP) is 1.49. The van der Waals surface area contributed by atoms with E-state index in [-0.39, 0.29) is 0 Å². The first kappa shape index (κ1) is 9.26. The van der Waals surface area contributed by atoms with Crippen molar-refractivity contribution in [3.8, 4) is 0 Å². The van der Waals surface area contributed by atoms with Gasteiger partial charge in [0.05, 0.1) is 0 Å². The summed E-state index contributed by atoms with van der Waals surface area (Å²) in [5.41, 5.74) is -0.836. The van der Waals surface area contributed by atoms with Crippen molar-refractivity contribution in [2.75, 3.05) is 14.1 Å². The summed E-state index contributed by atoms with van der Waals surface area (Å²) in [4.78, 5) is 0. The zero-order valence-electron chi connectivity index (χ0n) is 6.03. The summed E-state index contributed by atoms with van der Waals surface area (Å²) in [5, 5.41) is 4.29. The molecule has 0 aliphatic heterocycles. The molecule has 0 aromatic rings. The molecule has 0 aliphatic rings. The summed E-state index contributed by atoms with van der Waals surface area (Å²) >= 11 is 0. The molecule has 0 saturated heterocycles. The summed E-state index contributed by atoms with van der Waals surface area (Å²) in [6, 6.07) is 0. The molecule has 0 atom stereocenters. The van der Waals surface area contributed by atoms with Crippen molar-refractivity contribution in [3.63, 3.8) is 0 Å². The third-order valence-electron chi connectivity index (χ3n) is 0.760. The normalized spacial score (nSPS) is 13.6. The summed E-state index contributed by atoms with van der Waals surface area (Å²) < 4.78 is 35.0. The molecule has 0 unspecified atom stereocenters.